The smallest absolute Gasteiger partial charge is 0.120 e. The SMILES string of the molecule is CC(C)(C)c1cc(C#CCC2(O)CC2)ccc1N.CC(C)(C)c1cc(C#CCC2CC2)ccc1N.CC(C)(O)C#Cc1ccc(N)c(C(C)(C)C)c1. The zero-order chi connectivity index (χ0) is 39.1. The van der Waals surface area contributed by atoms with Gasteiger partial charge in [0.15, 0.2) is 0 Å². The maximum absolute atomic E-state index is 9.71. The summed E-state index contributed by atoms with van der Waals surface area (Å²) in [6.45, 7) is 22.7. The molecule has 0 aliphatic heterocycles. The highest BCUT2D eigenvalue weighted by Crippen LogP contribution is 2.38. The molecule has 5 heteroatoms. The molecule has 52 heavy (non-hydrogen) atoms. The lowest BCUT2D eigenvalue weighted by Crippen LogP contribution is -2.15. The molecule has 0 atom stereocenters. The Morgan fingerprint density at radius 2 is 0.962 bits per heavy atom. The fourth-order valence-corrected chi connectivity index (χ4v) is 5.33. The van der Waals surface area contributed by atoms with Gasteiger partial charge >= 0.3 is 0 Å². The molecule has 0 heterocycles. The predicted molar refractivity (Wildman–Crippen MR) is 222 cm³/mol. The van der Waals surface area contributed by atoms with Crippen molar-refractivity contribution in [2.45, 2.75) is 142 Å². The molecule has 2 saturated carbocycles. The minimum atomic E-state index is -0.969. The van der Waals surface area contributed by atoms with Gasteiger partial charge in [-0.25, -0.2) is 0 Å². The van der Waals surface area contributed by atoms with Gasteiger partial charge in [-0.1, -0.05) is 97.8 Å². The van der Waals surface area contributed by atoms with Crippen LogP contribution in [0.25, 0.3) is 0 Å². The van der Waals surface area contributed by atoms with Crippen LogP contribution in [0.1, 0.15) is 148 Å². The van der Waals surface area contributed by atoms with Crippen molar-refractivity contribution < 1.29 is 10.2 Å². The van der Waals surface area contributed by atoms with E-state index in [1.54, 1.807) is 13.8 Å². The number of nitrogen functional groups attached to an aromatic ring is 3. The molecule has 5 nitrogen and oxygen atoms in total. The monoisotopic (exact) mass is 701 g/mol. The molecule has 0 unspecified atom stereocenters. The lowest BCUT2D eigenvalue weighted by atomic mass is 9.85. The Balaban J connectivity index is 0.000000210. The second-order valence-corrected chi connectivity index (χ2v) is 18.1. The molecule has 5 rings (SSSR count). The topological polar surface area (TPSA) is 119 Å². The molecule has 2 aliphatic carbocycles. The first-order valence-corrected chi connectivity index (χ1v) is 18.5. The first kappa shape index (κ1) is 42.1. The lowest BCUT2D eigenvalue weighted by molar-refractivity contribution is 0.143. The van der Waals surface area contributed by atoms with Gasteiger partial charge in [-0.3, -0.25) is 0 Å². The molecule has 2 fully saturated rings. The number of benzene rings is 3. The standard InChI is InChI=1S/C16H21NO.C16H21N.C15H21NO/c1-15(2,3)13-11-12(6-7-14(13)17)5-4-8-16(18)9-10-16;1-16(2,3)14-11-13(9-10-15(14)17)6-4-5-12-7-8-12;1-14(2,3)12-10-11(6-7-13(12)16)8-9-15(4,5)17/h6-7,11,18H,8-10,17H2,1-3H3;9-12H,5,7-8,17H2,1-3H3;6-7,10,17H,16H2,1-5H3. The van der Waals surface area contributed by atoms with Crippen molar-refractivity contribution in [1.29, 1.82) is 0 Å². The minimum absolute atomic E-state index is 0.00347. The summed E-state index contributed by atoms with van der Waals surface area (Å²) in [6, 6.07) is 17.8. The third-order valence-electron chi connectivity index (χ3n) is 8.89. The maximum Gasteiger partial charge on any atom is 0.120 e. The van der Waals surface area contributed by atoms with Gasteiger partial charge in [0.2, 0.25) is 0 Å². The van der Waals surface area contributed by atoms with Gasteiger partial charge in [-0.15, -0.1) is 0 Å². The lowest BCUT2D eigenvalue weighted by Gasteiger charge is -2.21. The summed E-state index contributed by atoms with van der Waals surface area (Å²) in [5.41, 5.74) is 25.4. The van der Waals surface area contributed by atoms with Crippen molar-refractivity contribution in [2.24, 2.45) is 5.92 Å². The molecular weight excluding hydrogens is 639 g/mol. The number of nitrogens with two attached hydrogens (primary N) is 3. The van der Waals surface area contributed by atoms with Crippen LogP contribution in [0, 0.1) is 41.4 Å². The van der Waals surface area contributed by atoms with Gasteiger partial charge in [0.05, 0.1) is 5.60 Å². The molecule has 0 amide bonds. The Bertz CT molecular complexity index is 1880. The van der Waals surface area contributed by atoms with E-state index in [1.807, 2.05) is 42.5 Å². The van der Waals surface area contributed by atoms with Crippen LogP contribution < -0.4 is 17.2 Å². The van der Waals surface area contributed by atoms with Gasteiger partial charge in [0.1, 0.15) is 5.60 Å². The first-order valence-electron chi connectivity index (χ1n) is 18.5. The molecule has 278 valence electrons. The van der Waals surface area contributed by atoms with Gasteiger partial charge in [-0.05, 0) is 133 Å². The fraction of sp³-hybridized carbons (Fsp3) is 0.489. The molecule has 0 saturated heterocycles. The van der Waals surface area contributed by atoms with Crippen LogP contribution >= 0.6 is 0 Å². The summed E-state index contributed by atoms with van der Waals surface area (Å²) in [6.07, 6.45) is 6.12. The van der Waals surface area contributed by atoms with E-state index in [2.05, 4.69) is 110 Å². The van der Waals surface area contributed by atoms with E-state index in [0.717, 1.165) is 70.1 Å². The second kappa shape index (κ2) is 16.6. The van der Waals surface area contributed by atoms with E-state index >= 15 is 0 Å². The van der Waals surface area contributed by atoms with Crippen molar-refractivity contribution in [2.75, 3.05) is 17.2 Å². The van der Waals surface area contributed by atoms with E-state index in [-0.39, 0.29) is 16.2 Å². The van der Waals surface area contributed by atoms with Crippen LogP contribution in [0.2, 0.25) is 0 Å². The van der Waals surface area contributed by atoms with Crippen LogP contribution in [0.3, 0.4) is 0 Å². The highest BCUT2D eigenvalue weighted by molar-refractivity contribution is 5.57. The molecule has 8 N–H and O–H groups in total. The normalized spacial score (nSPS) is 14.7. The fourth-order valence-electron chi connectivity index (χ4n) is 5.33. The average Bonchev–Trinajstić information content (AvgIpc) is 3.96. The summed E-state index contributed by atoms with van der Waals surface area (Å²) >= 11 is 0. The summed E-state index contributed by atoms with van der Waals surface area (Å²) in [4.78, 5) is 0. The van der Waals surface area contributed by atoms with Crippen LogP contribution in [0.15, 0.2) is 54.6 Å². The highest BCUT2D eigenvalue weighted by atomic mass is 16.3. The van der Waals surface area contributed by atoms with Gasteiger partial charge in [0, 0.05) is 46.6 Å². The Morgan fingerprint density at radius 3 is 1.29 bits per heavy atom. The summed E-state index contributed by atoms with van der Waals surface area (Å²) in [5, 5.41) is 19.3. The number of hydrogen-bond donors (Lipinski definition) is 5. The molecule has 2 aliphatic rings. The molecule has 3 aromatic rings. The second-order valence-electron chi connectivity index (χ2n) is 18.1. The van der Waals surface area contributed by atoms with Crippen molar-refractivity contribution in [3.05, 3.63) is 88.0 Å². The van der Waals surface area contributed by atoms with Crippen LogP contribution in [0.5, 0.6) is 0 Å². The van der Waals surface area contributed by atoms with Crippen LogP contribution in [0.4, 0.5) is 17.1 Å². The van der Waals surface area contributed by atoms with Gasteiger partial charge in [0.25, 0.3) is 0 Å². The minimum Gasteiger partial charge on any atom is -0.398 e. The molecule has 0 spiro atoms. The Morgan fingerprint density at radius 1 is 0.596 bits per heavy atom. The Hall–Kier alpha value is -4.34. The van der Waals surface area contributed by atoms with E-state index in [1.165, 1.54) is 18.4 Å². The summed E-state index contributed by atoms with van der Waals surface area (Å²) in [5.74, 6) is 19.3. The predicted octanol–water partition coefficient (Wildman–Crippen LogP) is 9.24. The van der Waals surface area contributed by atoms with E-state index in [4.69, 9.17) is 17.2 Å². The van der Waals surface area contributed by atoms with Gasteiger partial charge in [-0.2, -0.15) is 0 Å². The van der Waals surface area contributed by atoms with Crippen molar-refractivity contribution in [3.8, 4) is 35.5 Å². The molecule has 0 aromatic heterocycles. The zero-order valence-corrected chi connectivity index (χ0v) is 33.6. The van der Waals surface area contributed by atoms with E-state index < -0.39 is 11.2 Å². The molecule has 0 bridgehead atoms. The quantitative estimate of drug-likeness (QED) is 0.135. The van der Waals surface area contributed by atoms with E-state index in [9.17, 15) is 10.2 Å². The number of aliphatic hydroxyl groups is 2. The van der Waals surface area contributed by atoms with Crippen molar-refractivity contribution in [1.82, 2.24) is 0 Å². The van der Waals surface area contributed by atoms with Gasteiger partial charge < -0.3 is 27.4 Å². The zero-order valence-electron chi connectivity index (χ0n) is 33.6. The Labute approximate surface area is 315 Å². The molecule has 3 aromatic carbocycles. The average molecular weight is 702 g/mol. The molecular formula is C47H63N3O2. The van der Waals surface area contributed by atoms with Crippen molar-refractivity contribution >= 4 is 17.1 Å². The highest BCUT2D eigenvalue weighted by Gasteiger charge is 2.39. The maximum atomic E-state index is 9.71. The third-order valence-corrected chi connectivity index (χ3v) is 8.89. The number of rotatable bonds is 2. The Kier molecular flexibility index (Phi) is 13.4. The number of hydrogen-bond acceptors (Lipinski definition) is 5. The summed E-state index contributed by atoms with van der Waals surface area (Å²) < 4.78 is 0. The van der Waals surface area contributed by atoms with Crippen molar-refractivity contribution in [3.63, 3.8) is 0 Å². The van der Waals surface area contributed by atoms with Crippen LogP contribution in [-0.4, -0.2) is 21.4 Å². The first-order chi connectivity index (χ1) is 23.9. The third kappa shape index (κ3) is 14.4. The largest absolute Gasteiger partial charge is 0.398 e. The van der Waals surface area contributed by atoms with E-state index in [0.29, 0.717) is 6.42 Å². The van der Waals surface area contributed by atoms with Crippen LogP contribution in [-0.2, 0) is 16.2 Å². The number of anilines is 3. The molecule has 0 radical (unpaired) electrons. The summed E-state index contributed by atoms with van der Waals surface area (Å²) in [7, 11) is 0.